The van der Waals surface area contributed by atoms with Crippen molar-refractivity contribution in [1.29, 1.82) is 0 Å². The van der Waals surface area contributed by atoms with Crippen molar-refractivity contribution in [2.75, 3.05) is 57.4 Å². The predicted molar refractivity (Wildman–Crippen MR) is 183 cm³/mol. The number of aliphatic hydroxyl groups is 1. The highest BCUT2D eigenvalue weighted by atomic mass is 19.4. The molecular weight excluding hydrogens is 662 g/mol. The number of ether oxygens (including phenoxy) is 2. The Balaban J connectivity index is 1.14. The van der Waals surface area contributed by atoms with Crippen molar-refractivity contribution >= 4 is 16.7 Å². The summed E-state index contributed by atoms with van der Waals surface area (Å²) in [6, 6.07) is 4.87. The van der Waals surface area contributed by atoms with Crippen LogP contribution in [0.25, 0.3) is 10.9 Å². The van der Waals surface area contributed by atoms with E-state index >= 15 is 17.6 Å². The molecule has 0 spiro atoms. The van der Waals surface area contributed by atoms with E-state index in [9.17, 15) is 5.11 Å². The van der Waals surface area contributed by atoms with Crippen molar-refractivity contribution in [2.45, 2.75) is 75.7 Å². The van der Waals surface area contributed by atoms with Crippen molar-refractivity contribution in [1.82, 2.24) is 20.2 Å². The fourth-order valence-electron chi connectivity index (χ4n) is 9.72. The van der Waals surface area contributed by atoms with E-state index < -0.39 is 35.1 Å². The molecule has 5 fully saturated rings. The van der Waals surface area contributed by atoms with Gasteiger partial charge >= 0.3 is 12.2 Å². The monoisotopic (exact) mass is 705 g/mol. The summed E-state index contributed by atoms with van der Waals surface area (Å²) in [4.78, 5) is 13.8. The number of hydrogen-bond acceptors (Lipinski definition) is 8. The summed E-state index contributed by atoms with van der Waals surface area (Å²) in [5, 5.41) is 14.5. The van der Waals surface area contributed by atoms with Crippen LogP contribution in [0.15, 0.2) is 18.2 Å². The number of hydrogen-bond donors (Lipinski definition) is 2. The van der Waals surface area contributed by atoms with Gasteiger partial charge in [0.05, 0.1) is 31.5 Å². The highest BCUT2D eigenvalue weighted by Crippen LogP contribution is 2.50. The number of aromatic nitrogens is 2. The summed E-state index contributed by atoms with van der Waals surface area (Å²) in [5.74, 6) is 1.83. The normalized spacial score (nSPS) is 29.6. The van der Waals surface area contributed by atoms with Crippen molar-refractivity contribution in [3.8, 4) is 18.4 Å². The third-order valence-electron chi connectivity index (χ3n) is 12.4. The molecule has 2 aromatic carbocycles. The highest BCUT2D eigenvalue weighted by molar-refractivity contribution is 5.92. The Hall–Kier alpha value is -3.50. The van der Waals surface area contributed by atoms with Crippen LogP contribution in [0.3, 0.4) is 0 Å². The largest absolute Gasteiger partial charge is 0.463 e. The lowest BCUT2D eigenvalue weighted by Crippen LogP contribution is -2.51. The Morgan fingerprint density at radius 3 is 2.47 bits per heavy atom. The van der Waals surface area contributed by atoms with Crippen molar-refractivity contribution in [2.24, 2.45) is 17.3 Å². The molecule has 8 nitrogen and oxygen atoms in total. The van der Waals surface area contributed by atoms with E-state index in [4.69, 9.17) is 20.9 Å². The zero-order valence-corrected chi connectivity index (χ0v) is 28.7. The molecule has 6 atom stereocenters. The average Bonchev–Trinajstić information content (AvgIpc) is 3.33. The Bertz CT molecular complexity index is 1900. The number of nitrogens with zero attached hydrogens (tertiary/aromatic N) is 4. The van der Waals surface area contributed by atoms with Crippen molar-refractivity contribution in [3.05, 3.63) is 57.4 Å². The maximum Gasteiger partial charge on any atom is 0.416 e. The van der Waals surface area contributed by atoms with Gasteiger partial charge in [0, 0.05) is 84.5 Å². The lowest BCUT2D eigenvalue weighted by molar-refractivity contribution is -0.138. The summed E-state index contributed by atoms with van der Waals surface area (Å²) < 4.78 is 74.8. The number of halogens is 4. The Kier molecular flexibility index (Phi) is 8.04. The average molecular weight is 706 g/mol. The zero-order chi connectivity index (χ0) is 35.2. The van der Waals surface area contributed by atoms with E-state index in [2.05, 4.69) is 21.1 Å². The standard InChI is InChI=1S/C39H43F4N5O3/c1-3-28-21(2)4-5-22-10-27(49)11-29(32(22)28)33-31(39(41,42)43)12-30-35(34(33)40)45-37(46-36(30)48-15-25-6-7-26(16-48)44-25)51-20-38(8-9-38)19-47-13-23-17-50-18-24(23)14-47/h1,4-5,12,23-27,29,44,49H,6-11,13-20H2,2H3/t23-,24+,25?,26?,27-,29?/m1/s1. The van der Waals surface area contributed by atoms with Gasteiger partial charge < -0.3 is 29.7 Å². The molecule has 2 bridgehead atoms. The van der Waals surface area contributed by atoms with Gasteiger partial charge in [-0.25, -0.2) is 4.39 Å². The van der Waals surface area contributed by atoms with Crippen LogP contribution in [0.5, 0.6) is 6.01 Å². The highest BCUT2D eigenvalue weighted by Gasteiger charge is 2.48. The molecule has 0 amide bonds. The number of alkyl halides is 3. The van der Waals surface area contributed by atoms with Gasteiger partial charge in [-0.15, -0.1) is 6.42 Å². The Morgan fingerprint density at radius 2 is 1.80 bits per heavy atom. The third-order valence-corrected chi connectivity index (χ3v) is 12.4. The number of benzene rings is 2. The first-order chi connectivity index (χ1) is 24.5. The van der Waals surface area contributed by atoms with Gasteiger partial charge in [-0.3, -0.25) is 0 Å². The number of aliphatic hydroxyl groups excluding tert-OH is 1. The molecule has 4 saturated heterocycles. The first-order valence-corrected chi connectivity index (χ1v) is 18.3. The number of piperazine rings is 1. The zero-order valence-electron chi connectivity index (χ0n) is 28.7. The molecule has 51 heavy (non-hydrogen) atoms. The van der Waals surface area contributed by atoms with E-state index in [1.807, 2.05) is 4.90 Å². The minimum absolute atomic E-state index is 0.00202. The predicted octanol–water partition coefficient (Wildman–Crippen LogP) is 5.19. The topological polar surface area (TPSA) is 83.0 Å². The van der Waals surface area contributed by atoms with E-state index in [-0.39, 0.29) is 53.1 Å². The van der Waals surface area contributed by atoms with Gasteiger partial charge in [-0.1, -0.05) is 18.1 Å². The summed E-state index contributed by atoms with van der Waals surface area (Å²) in [7, 11) is 0. The molecule has 0 radical (unpaired) electrons. The molecule has 9 rings (SSSR count). The number of fused-ring (bicyclic) bond motifs is 5. The minimum Gasteiger partial charge on any atom is -0.463 e. The fourth-order valence-corrected chi connectivity index (χ4v) is 9.72. The van der Waals surface area contributed by atoms with E-state index in [0.717, 1.165) is 64.6 Å². The maximum absolute atomic E-state index is 17.3. The van der Waals surface area contributed by atoms with Crippen LogP contribution >= 0.6 is 0 Å². The Labute approximate surface area is 294 Å². The van der Waals surface area contributed by atoms with Crippen LogP contribution < -0.4 is 15.0 Å². The number of nitrogens with one attached hydrogen (secondary N) is 1. The first-order valence-electron chi connectivity index (χ1n) is 18.3. The van der Waals surface area contributed by atoms with Gasteiger partial charge in [0.15, 0.2) is 5.82 Å². The minimum atomic E-state index is -4.90. The number of rotatable bonds is 7. The van der Waals surface area contributed by atoms with Crippen molar-refractivity contribution in [3.63, 3.8) is 0 Å². The molecule has 2 N–H and O–H groups in total. The molecule has 270 valence electrons. The molecule has 3 aromatic rings. The summed E-state index contributed by atoms with van der Waals surface area (Å²) >= 11 is 0. The van der Waals surface area contributed by atoms with Crippen LogP contribution in [0.1, 0.15) is 71.4 Å². The van der Waals surface area contributed by atoms with E-state index in [0.29, 0.717) is 53.8 Å². The van der Waals surface area contributed by atoms with Gasteiger partial charge in [0.1, 0.15) is 11.3 Å². The fraction of sp³-hybridized carbons (Fsp3) is 0.590. The van der Waals surface area contributed by atoms with Gasteiger partial charge in [0.2, 0.25) is 0 Å². The maximum atomic E-state index is 17.3. The number of aryl methyl sites for hydroxylation is 1. The molecule has 1 aromatic heterocycles. The second-order valence-electron chi connectivity index (χ2n) is 16.1. The molecule has 12 heteroatoms. The van der Waals surface area contributed by atoms with Crippen LogP contribution in [0, 0.1) is 42.3 Å². The molecule has 1 saturated carbocycles. The summed E-state index contributed by atoms with van der Waals surface area (Å²) in [5.41, 5.74) is 0.303. The Morgan fingerprint density at radius 1 is 1.08 bits per heavy atom. The smallest absolute Gasteiger partial charge is 0.416 e. The van der Waals surface area contributed by atoms with Crippen LogP contribution in [-0.2, 0) is 17.3 Å². The number of terminal acetylenes is 1. The lowest BCUT2D eigenvalue weighted by atomic mass is 9.73. The van der Waals surface area contributed by atoms with Crippen LogP contribution in [-0.4, -0.2) is 90.7 Å². The summed E-state index contributed by atoms with van der Waals surface area (Å²) in [6.07, 6.45) is 4.04. The lowest BCUT2D eigenvalue weighted by Gasteiger charge is -2.35. The molecule has 2 aliphatic carbocycles. The first kappa shape index (κ1) is 33.3. The molecular formula is C39H43F4N5O3. The van der Waals surface area contributed by atoms with Crippen LogP contribution in [0.2, 0.25) is 0 Å². The summed E-state index contributed by atoms with van der Waals surface area (Å²) in [6.45, 7) is 7.71. The molecule has 5 heterocycles. The molecule has 6 aliphatic rings. The van der Waals surface area contributed by atoms with Crippen molar-refractivity contribution < 1.29 is 32.1 Å². The van der Waals surface area contributed by atoms with Gasteiger partial charge in [-0.2, -0.15) is 23.1 Å². The number of anilines is 1. The molecule has 4 aliphatic heterocycles. The second kappa shape index (κ2) is 12.3. The van der Waals surface area contributed by atoms with E-state index in [1.54, 1.807) is 19.1 Å². The number of likely N-dealkylation sites (tertiary alicyclic amines) is 1. The van der Waals surface area contributed by atoms with Crippen LogP contribution in [0.4, 0.5) is 23.4 Å². The second-order valence-corrected chi connectivity index (χ2v) is 16.1. The van der Waals surface area contributed by atoms with Gasteiger partial charge in [0.25, 0.3) is 0 Å². The van der Waals surface area contributed by atoms with Gasteiger partial charge in [-0.05, 0) is 68.2 Å². The quantitative estimate of drug-likeness (QED) is 0.257. The molecule has 3 unspecified atom stereocenters. The SMILES string of the molecule is C#Cc1c(C)ccc2c1C(c1c(C(F)(F)F)cc3c(N4CC5CCC(C4)N5)nc(OCC4(CN5C[C@H]6COC[C@H]6C5)CC4)nc3c1F)C[C@H](O)C2. The van der Waals surface area contributed by atoms with E-state index in [1.165, 1.54) is 0 Å². The third kappa shape index (κ3) is 5.94.